The molecule has 2 aliphatic heterocycles. The highest BCUT2D eigenvalue weighted by molar-refractivity contribution is 5.02. The van der Waals surface area contributed by atoms with Crippen LogP contribution in [0.5, 0.6) is 0 Å². The number of nitrogens with one attached hydrogen (secondary N) is 1. The van der Waals surface area contributed by atoms with Crippen LogP contribution >= 0.6 is 0 Å². The van der Waals surface area contributed by atoms with E-state index in [1.807, 2.05) is 0 Å². The predicted octanol–water partition coefficient (Wildman–Crippen LogP) is 0.701. The summed E-state index contributed by atoms with van der Waals surface area (Å²) in [5.74, 6) is 6.27. The van der Waals surface area contributed by atoms with Gasteiger partial charge in [-0.25, -0.2) is 0 Å². The van der Waals surface area contributed by atoms with Crippen molar-refractivity contribution in [3.63, 3.8) is 0 Å². The molecule has 0 spiro atoms. The van der Waals surface area contributed by atoms with Gasteiger partial charge in [0, 0.05) is 26.2 Å². The Morgan fingerprint density at radius 2 is 2.25 bits per heavy atom. The Morgan fingerprint density at radius 1 is 1.40 bits per heavy atom. The second-order valence-electron chi connectivity index (χ2n) is 5.45. The molecule has 0 aromatic carbocycles. The van der Waals surface area contributed by atoms with Gasteiger partial charge in [0.1, 0.15) is 6.54 Å². The van der Waals surface area contributed by atoms with E-state index in [0.29, 0.717) is 6.10 Å². The summed E-state index contributed by atoms with van der Waals surface area (Å²) in [7, 11) is 1.67. The third-order valence-corrected chi connectivity index (χ3v) is 3.87. The SMILES string of the molecule is CO[N+](N)(CCCCCOCCC1CO1)C1=CCNC1. The molecule has 6 heteroatoms. The fourth-order valence-electron chi connectivity index (χ4n) is 2.38. The molecular weight excluding hydrogens is 258 g/mol. The molecule has 0 amide bonds. The van der Waals surface area contributed by atoms with Gasteiger partial charge in [-0.05, 0) is 25.3 Å². The van der Waals surface area contributed by atoms with E-state index < -0.39 is 0 Å². The molecule has 2 rings (SSSR count). The number of hydrogen-bond donors (Lipinski definition) is 2. The lowest BCUT2D eigenvalue weighted by Gasteiger charge is -2.28. The van der Waals surface area contributed by atoms with Crippen LogP contribution in [0.25, 0.3) is 0 Å². The Balaban J connectivity index is 1.50. The molecule has 0 aromatic rings. The van der Waals surface area contributed by atoms with Crippen LogP contribution < -0.4 is 11.2 Å². The van der Waals surface area contributed by atoms with Gasteiger partial charge < -0.3 is 14.8 Å². The Labute approximate surface area is 121 Å². The molecule has 2 heterocycles. The molecule has 2 aliphatic rings. The number of nitrogens with two attached hydrogens (primary N) is 1. The molecule has 116 valence electrons. The maximum absolute atomic E-state index is 6.27. The van der Waals surface area contributed by atoms with Crippen molar-refractivity contribution in [2.75, 3.05) is 46.6 Å². The molecule has 2 unspecified atom stereocenters. The molecule has 0 aliphatic carbocycles. The highest BCUT2D eigenvalue weighted by atomic mass is 16.7. The van der Waals surface area contributed by atoms with Gasteiger partial charge in [0.05, 0.1) is 26.4 Å². The zero-order valence-corrected chi connectivity index (χ0v) is 12.5. The van der Waals surface area contributed by atoms with E-state index in [2.05, 4.69) is 11.4 Å². The summed E-state index contributed by atoms with van der Waals surface area (Å²) in [6, 6.07) is 0. The first-order chi connectivity index (χ1) is 9.74. The zero-order valence-electron chi connectivity index (χ0n) is 12.5. The summed E-state index contributed by atoms with van der Waals surface area (Å²) in [6.07, 6.45) is 6.85. The minimum atomic E-state index is 0.104. The van der Waals surface area contributed by atoms with Crippen LogP contribution in [-0.2, 0) is 14.3 Å². The number of quaternary nitrogens is 1. The summed E-state index contributed by atoms with van der Waals surface area (Å²) in [4.78, 5) is 5.46. The third kappa shape index (κ3) is 5.12. The van der Waals surface area contributed by atoms with Crippen LogP contribution in [0.2, 0.25) is 0 Å². The quantitative estimate of drug-likeness (QED) is 0.192. The van der Waals surface area contributed by atoms with Gasteiger partial charge in [-0.3, -0.25) is 0 Å². The highest BCUT2D eigenvalue weighted by Crippen LogP contribution is 2.16. The number of hydroxylamine groups is 2. The molecule has 1 saturated heterocycles. The first kappa shape index (κ1) is 15.9. The van der Waals surface area contributed by atoms with Crippen molar-refractivity contribution in [1.29, 1.82) is 0 Å². The topological polar surface area (TPSA) is 69.0 Å². The van der Waals surface area contributed by atoms with Crippen molar-refractivity contribution < 1.29 is 19.1 Å². The number of epoxide rings is 1. The van der Waals surface area contributed by atoms with Crippen LogP contribution in [0.15, 0.2) is 11.8 Å². The maximum atomic E-state index is 6.27. The largest absolute Gasteiger partial charge is 0.381 e. The summed E-state index contributed by atoms with van der Waals surface area (Å²) in [6.45, 7) is 5.07. The van der Waals surface area contributed by atoms with Crippen molar-refractivity contribution >= 4 is 0 Å². The number of ether oxygens (including phenoxy) is 2. The Kier molecular flexibility index (Phi) is 6.41. The minimum Gasteiger partial charge on any atom is -0.381 e. The average Bonchev–Trinajstić information content (AvgIpc) is 3.11. The Hall–Kier alpha value is -0.500. The summed E-state index contributed by atoms with van der Waals surface area (Å²) < 4.78 is 10.8. The second-order valence-corrected chi connectivity index (χ2v) is 5.45. The highest BCUT2D eigenvalue weighted by Gasteiger charge is 2.31. The van der Waals surface area contributed by atoms with E-state index in [4.69, 9.17) is 20.2 Å². The van der Waals surface area contributed by atoms with Gasteiger partial charge >= 0.3 is 0 Å². The smallest absolute Gasteiger partial charge is 0.172 e. The molecule has 20 heavy (non-hydrogen) atoms. The normalized spacial score (nSPS) is 24.5. The van der Waals surface area contributed by atoms with Crippen LogP contribution in [-0.4, -0.2) is 57.4 Å². The first-order valence-corrected chi connectivity index (χ1v) is 7.56. The average molecular weight is 286 g/mol. The number of nitrogens with zero attached hydrogens (tertiary/aromatic N) is 1. The van der Waals surface area contributed by atoms with E-state index >= 15 is 0 Å². The predicted molar refractivity (Wildman–Crippen MR) is 76.3 cm³/mol. The van der Waals surface area contributed by atoms with Crippen molar-refractivity contribution in [2.45, 2.75) is 31.8 Å². The number of rotatable bonds is 11. The molecule has 0 radical (unpaired) electrons. The minimum absolute atomic E-state index is 0.104. The second kappa shape index (κ2) is 8.07. The van der Waals surface area contributed by atoms with Gasteiger partial charge in [-0.2, -0.15) is 4.84 Å². The van der Waals surface area contributed by atoms with Crippen LogP contribution in [0.3, 0.4) is 0 Å². The van der Waals surface area contributed by atoms with Gasteiger partial charge in [0.25, 0.3) is 0 Å². The van der Waals surface area contributed by atoms with Gasteiger partial charge in [-0.15, -0.1) is 5.84 Å². The van der Waals surface area contributed by atoms with Gasteiger partial charge in [-0.1, -0.05) is 4.76 Å². The summed E-state index contributed by atoms with van der Waals surface area (Å²) in [5.41, 5.74) is 1.12. The van der Waals surface area contributed by atoms with Crippen molar-refractivity contribution in [3.8, 4) is 0 Å². The first-order valence-electron chi connectivity index (χ1n) is 7.56. The molecular formula is C14H28N3O3+. The standard InChI is InChI=1S/C14H28N3O3/c1-18-17(15,13-5-7-16-11-13)8-3-2-4-9-19-10-6-14-12-20-14/h5,14,16H,2-4,6-12,15H2,1H3/q+1. The lowest BCUT2D eigenvalue weighted by molar-refractivity contribution is -1.08. The van der Waals surface area contributed by atoms with E-state index in [9.17, 15) is 0 Å². The Bertz CT molecular complexity index is 321. The van der Waals surface area contributed by atoms with E-state index in [1.54, 1.807) is 7.11 Å². The van der Waals surface area contributed by atoms with Crippen molar-refractivity contribution in [3.05, 3.63) is 11.8 Å². The van der Waals surface area contributed by atoms with Crippen molar-refractivity contribution in [1.82, 2.24) is 5.32 Å². The lowest BCUT2D eigenvalue weighted by atomic mass is 10.2. The van der Waals surface area contributed by atoms with Crippen LogP contribution in [0.1, 0.15) is 25.7 Å². The Morgan fingerprint density at radius 3 is 2.90 bits per heavy atom. The monoisotopic (exact) mass is 286 g/mol. The molecule has 3 N–H and O–H groups in total. The number of hydrogen-bond acceptors (Lipinski definition) is 5. The van der Waals surface area contributed by atoms with Crippen molar-refractivity contribution in [2.24, 2.45) is 5.84 Å². The zero-order chi connectivity index (χ0) is 14.3. The van der Waals surface area contributed by atoms with E-state index in [0.717, 1.165) is 70.8 Å². The molecule has 0 bridgehead atoms. The lowest BCUT2D eigenvalue weighted by Crippen LogP contribution is -2.53. The summed E-state index contributed by atoms with van der Waals surface area (Å²) >= 11 is 0. The maximum Gasteiger partial charge on any atom is 0.172 e. The van der Waals surface area contributed by atoms with E-state index in [-0.39, 0.29) is 4.76 Å². The molecule has 2 atom stereocenters. The number of unbranched alkanes of at least 4 members (excludes halogenated alkanes) is 2. The molecule has 1 fully saturated rings. The van der Waals surface area contributed by atoms with Gasteiger partial charge in [0.2, 0.25) is 0 Å². The molecule has 0 saturated carbocycles. The van der Waals surface area contributed by atoms with Crippen LogP contribution in [0.4, 0.5) is 0 Å². The fourth-order valence-corrected chi connectivity index (χ4v) is 2.38. The fraction of sp³-hybridized carbons (Fsp3) is 0.857. The van der Waals surface area contributed by atoms with E-state index in [1.165, 1.54) is 0 Å². The van der Waals surface area contributed by atoms with Gasteiger partial charge in [0.15, 0.2) is 5.70 Å². The van der Waals surface area contributed by atoms with Crippen LogP contribution in [0, 0.1) is 0 Å². The third-order valence-electron chi connectivity index (χ3n) is 3.87. The molecule has 0 aromatic heterocycles. The molecule has 6 nitrogen and oxygen atoms in total. The summed E-state index contributed by atoms with van der Waals surface area (Å²) in [5, 5.41) is 3.25.